The second kappa shape index (κ2) is 8.05. The maximum absolute atomic E-state index is 14.6. The number of nitrogens with one attached hydrogen (secondary N) is 1. The Hall–Kier alpha value is -4.08. The fourth-order valence-electron chi connectivity index (χ4n) is 4.17. The lowest BCUT2D eigenvalue weighted by atomic mass is 9.96. The van der Waals surface area contributed by atoms with E-state index in [-0.39, 0.29) is 28.5 Å². The van der Waals surface area contributed by atoms with Crippen LogP contribution in [0.3, 0.4) is 0 Å². The lowest BCUT2D eigenvalue weighted by Gasteiger charge is -2.19. The van der Waals surface area contributed by atoms with Gasteiger partial charge in [-0.15, -0.1) is 0 Å². The smallest absolute Gasteiger partial charge is 0.337 e. The topological polar surface area (TPSA) is 87.3 Å². The van der Waals surface area contributed by atoms with E-state index in [4.69, 9.17) is 4.74 Å². The third kappa shape index (κ3) is 3.51. The molecule has 4 aromatic rings. The normalized spacial score (nSPS) is 13.3. The van der Waals surface area contributed by atoms with Crippen LogP contribution in [0.15, 0.2) is 62.9 Å². The van der Waals surface area contributed by atoms with Gasteiger partial charge in [-0.2, -0.15) is 0 Å². The van der Waals surface area contributed by atoms with Crippen molar-refractivity contribution in [1.29, 1.82) is 0 Å². The van der Waals surface area contributed by atoms with E-state index in [1.807, 2.05) is 0 Å². The largest absolute Gasteiger partial charge is 0.497 e. The van der Waals surface area contributed by atoms with E-state index in [1.54, 1.807) is 44.2 Å². The van der Waals surface area contributed by atoms with E-state index in [0.29, 0.717) is 24.3 Å². The molecule has 1 fully saturated rings. The van der Waals surface area contributed by atoms with E-state index >= 15 is 0 Å². The summed E-state index contributed by atoms with van der Waals surface area (Å²) in [5.74, 6) is 0.000177. The van der Waals surface area contributed by atoms with Crippen molar-refractivity contribution in [1.82, 2.24) is 13.7 Å². The molecule has 0 atom stereocenters. The highest BCUT2D eigenvalue weighted by atomic mass is 19.1. The van der Waals surface area contributed by atoms with Crippen molar-refractivity contribution in [3.05, 3.63) is 85.5 Å². The van der Waals surface area contributed by atoms with Gasteiger partial charge in [-0.3, -0.25) is 18.7 Å². The number of aryl methyl sites for hydroxylation is 1. The summed E-state index contributed by atoms with van der Waals surface area (Å²) in [7, 11) is 4.78. The van der Waals surface area contributed by atoms with Gasteiger partial charge in [0.2, 0.25) is 0 Å². The summed E-state index contributed by atoms with van der Waals surface area (Å²) in [4.78, 5) is 40.1. The van der Waals surface area contributed by atoms with Crippen LogP contribution in [0.4, 0.5) is 15.8 Å². The summed E-state index contributed by atoms with van der Waals surface area (Å²) in [6, 6.07) is 12.5. The van der Waals surface area contributed by atoms with Crippen molar-refractivity contribution >= 4 is 35.7 Å². The Morgan fingerprint density at radius 1 is 1.06 bits per heavy atom. The Labute approximate surface area is 194 Å². The van der Waals surface area contributed by atoms with Crippen LogP contribution in [0.5, 0.6) is 5.75 Å². The van der Waals surface area contributed by atoms with Crippen LogP contribution in [0, 0.1) is 5.82 Å². The average molecular weight is 460 g/mol. The Morgan fingerprint density at radius 3 is 2.50 bits per heavy atom. The molecule has 0 unspecified atom stereocenters. The first-order valence-electron chi connectivity index (χ1n) is 10.9. The Balaban J connectivity index is 1.90. The molecule has 8 nitrogen and oxygen atoms in total. The molecule has 2 heterocycles. The molecule has 0 amide bonds. The number of hydrogen-bond acceptors (Lipinski definition) is 5. The fraction of sp³-hybridized carbons (Fsp3) is 0.208. The van der Waals surface area contributed by atoms with Gasteiger partial charge in [0.15, 0.2) is 0 Å². The molecule has 5 rings (SSSR count). The number of rotatable bonds is 5. The van der Waals surface area contributed by atoms with Crippen LogP contribution in [-0.4, -0.2) is 28.7 Å². The van der Waals surface area contributed by atoms with Crippen LogP contribution in [-0.2, 0) is 7.05 Å². The van der Waals surface area contributed by atoms with Gasteiger partial charge in [0.1, 0.15) is 30.4 Å². The molecule has 10 heteroatoms. The highest BCUT2D eigenvalue weighted by Crippen LogP contribution is 2.33. The second-order valence-corrected chi connectivity index (χ2v) is 8.49. The van der Waals surface area contributed by atoms with Gasteiger partial charge in [0.05, 0.1) is 24.2 Å². The first-order chi connectivity index (χ1) is 16.3. The van der Waals surface area contributed by atoms with E-state index in [0.717, 1.165) is 5.46 Å². The lowest BCUT2D eigenvalue weighted by molar-refractivity contribution is 0.414. The number of methoxy groups -OCH3 is 1. The van der Waals surface area contributed by atoms with Crippen LogP contribution in [0.2, 0.25) is 0 Å². The quantitative estimate of drug-likeness (QED) is 0.455. The molecule has 0 saturated heterocycles. The zero-order valence-corrected chi connectivity index (χ0v) is 19.0. The maximum Gasteiger partial charge on any atom is 0.337 e. The van der Waals surface area contributed by atoms with Crippen molar-refractivity contribution in [2.45, 2.75) is 18.9 Å². The Morgan fingerprint density at radius 2 is 1.82 bits per heavy atom. The van der Waals surface area contributed by atoms with Crippen molar-refractivity contribution in [3.8, 4) is 11.4 Å². The molecule has 34 heavy (non-hydrogen) atoms. The summed E-state index contributed by atoms with van der Waals surface area (Å²) < 4.78 is 23.8. The van der Waals surface area contributed by atoms with Gasteiger partial charge in [-0.05, 0) is 37.1 Å². The minimum absolute atomic E-state index is 0.114. The third-order valence-corrected chi connectivity index (χ3v) is 6.07. The van der Waals surface area contributed by atoms with Gasteiger partial charge >= 0.3 is 5.69 Å². The summed E-state index contributed by atoms with van der Waals surface area (Å²) >= 11 is 0. The van der Waals surface area contributed by atoms with E-state index in [9.17, 15) is 18.8 Å². The standard InChI is InChI=1S/C24H22BFN4O4/c1-28-20(31)12-19(27-18-9-6-13(25)10-17(18)26)21-22(28)29(15-4-3-5-16(11-15)34-2)24(33)30(23(21)32)14-7-8-14/h3-6,9-12,14,27H,7-8,25H2,1-2H3. The number of pyridine rings is 1. The summed E-state index contributed by atoms with van der Waals surface area (Å²) in [6.45, 7) is 0. The SMILES string of the molecule is Bc1ccc(Nc2cc(=O)n(C)c3c2c(=O)n(C2CC2)c(=O)n3-c2cccc(OC)c2)c(F)c1. The number of nitrogens with zero attached hydrogens (tertiary/aromatic N) is 3. The van der Waals surface area contributed by atoms with E-state index in [1.165, 1.54) is 40.0 Å². The van der Waals surface area contributed by atoms with Crippen LogP contribution >= 0.6 is 0 Å². The van der Waals surface area contributed by atoms with E-state index < -0.39 is 22.6 Å². The number of halogens is 1. The van der Waals surface area contributed by atoms with Gasteiger partial charge in [-0.1, -0.05) is 17.6 Å². The minimum atomic E-state index is -0.540. The molecule has 0 radical (unpaired) electrons. The summed E-state index contributed by atoms with van der Waals surface area (Å²) in [6.07, 6.45) is 1.42. The predicted octanol–water partition coefficient (Wildman–Crippen LogP) is 1.34. The molecular formula is C24H22BFN4O4. The molecule has 1 aliphatic carbocycles. The zero-order chi connectivity index (χ0) is 24.1. The lowest BCUT2D eigenvalue weighted by Crippen LogP contribution is -2.41. The molecule has 2 aromatic carbocycles. The maximum atomic E-state index is 14.6. The van der Waals surface area contributed by atoms with Gasteiger partial charge in [-0.25, -0.2) is 13.8 Å². The molecule has 0 aliphatic heterocycles. The number of fused-ring (bicyclic) bond motifs is 1. The average Bonchev–Trinajstić information content (AvgIpc) is 3.64. The first-order valence-corrected chi connectivity index (χ1v) is 10.9. The molecule has 1 saturated carbocycles. The van der Waals surface area contributed by atoms with Gasteiger partial charge < -0.3 is 10.1 Å². The number of hydrogen-bond donors (Lipinski definition) is 1. The molecule has 1 aliphatic rings. The molecular weight excluding hydrogens is 438 g/mol. The van der Waals surface area contributed by atoms with Gasteiger partial charge in [0, 0.05) is 25.2 Å². The van der Waals surface area contributed by atoms with Crippen LogP contribution < -0.4 is 32.3 Å². The zero-order valence-electron chi connectivity index (χ0n) is 19.0. The monoisotopic (exact) mass is 460 g/mol. The molecule has 0 spiro atoms. The number of ether oxygens (including phenoxy) is 1. The fourth-order valence-corrected chi connectivity index (χ4v) is 4.17. The van der Waals surface area contributed by atoms with Crippen LogP contribution in [0.1, 0.15) is 18.9 Å². The van der Waals surface area contributed by atoms with Crippen molar-refractivity contribution in [2.24, 2.45) is 7.05 Å². The molecule has 0 bridgehead atoms. The predicted molar refractivity (Wildman–Crippen MR) is 132 cm³/mol. The first kappa shape index (κ1) is 21.8. The highest BCUT2D eigenvalue weighted by Gasteiger charge is 2.31. The summed E-state index contributed by atoms with van der Waals surface area (Å²) in [5.41, 5.74) is 0.0322. The molecule has 2 aromatic heterocycles. The number of anilines is 2. The highest BCUT2D eigenvalue weighted by molar-refractivity contribution is 6.32. The molecule has 1 N–H and O–H groups in total. The third-order valence-electron chi connectivity index (χ3n) is 6.07. The van der Waals surface area contributed by atoms with Crippen molar-refractivity contribution in [3.63, 3.8) is 0 Å². The molecule has 172 valence electrons. The van der Waals surface area contributed by atoms with Crippen molar-refractivity contribution < 1.29 is 9.13 Å². The Bertz CT molecular complexity index is 1640. The van der Waals surface area contributed by atoms with Gasteiger partial charge in [0.25, 0.3) is 11.1 Å². The number of aromatic nitrogens is 3. The summed E-state index contributed by atoms with van der Waals surface area (Å²) in [5, 5.41) is 3.04. The van der Waals surface area contributed by atoms with Crippen molar-refractivity contribution in [2.75, 3.05) is 12.4 Å². The number of benzene rings is 2. The van der Waals surface area contributed by atoms with Crippen LogP contribution in [0.25, 0.3) is 16.7 Å². The van der Waals surface area contributed by atoms with E-state index in [2.05, 4.69) is 5.32 Å². The Kier molecular flexibility index (Phi) is 5.15. The second-order valence-electron chi connectivity index (χ2n) is 8.49. The minimum Gasteiger partial charge on any atom is -0.497 e.